The number of hydrogen-bond donors (Lipinski definition) is 0. The molecule has 31 heavy (non-hydrogen) atoms. The lowest BCUT2D eigenvalue weighted by Gasteiger charge is -2.15. The summed E-state index contributed by atoms with van der Waals surface area (Å²) in [6.07, 6.45) is 1.95. The molecule has 0 aliphatic rings. The molecule has 0 aliphatic heterocycles. The molecule has 5 heteroatoms. The second-order valence-corrected chi connectivity index (χ2v) is 7.39. The van der Waals surface area contributed by atoms with Crippen LogP contribution in [0.1, 0.15) is 22.8 Å². The zero-order valence-corrected chi connectivity index (χ0v) is 17.9. The predicted molar refractivity (Wildman–Crippen MR) is 123 cm³/mol. The van der Waals surface area contributed by atoms with Crippen molar-refractivity contribution in [1.82, 2.24) is 4.57 Å². The molecule has 0 bridgehead atoms. The summed E-state index contributed by atoms with van der Waals surface area (Å²) >= 11 is 6.32. The van der Waals surface area contributed by atoms with Crippen LogP contribution in [-0.2, 0) is 11.3 Å². The quantitative estimate of drug-likeness (QED) is 0.311. The summed E-state index contributed by atoms with van der Waals surface area (Å²) in [4.78, 5) is 12.2. The molecular weight excluding hydrogens is 410 g/mol. The number of hydrogen-bond acceptors (Lipinski definition) is 3. The second-order valence-electron chi connectivity index (χ2n) is 6.95. The zero-order chi connectivity index (χ0) is 21.6. The van der Waals surface area contributed by atoms with Gasteiger partial charge < -0.3 is 14.0 Å². The van der Waals surface area contributed by atoms with Gasteiger partial charge in [0.25, 0.3) is 0 Å². The molecule has 4 nitrogen and oxygen atoms in total. The first-order chi connectivity index (χ1) is 15.2. The van der Waals surface area contributed by atoms with Gasteiger partial charge >= 0.3 is 5.97 Å². The van der Waals surface area contributed by atoms with Gasteiger partial charge in [-0.1, -0.05) is 48.0 Å². The lowest BCUT2D eigenvalue weighted by atomic mass is 10.1. The summed E-state index contributed by atoms with van der Waals surface area (Å²) in [6, 6.07) is 26.9. The Hall–Kier alpha value is -3.50. The summed E-state index contributed by atoms with van der Waals surface area (Å²) in [7, 11) is 0. The fourth-order valence-electron chi connectivity index (χ4n) is 3.39. The summed E-state index contributed by atoms with van der Waals surface area (Å²) in [5.74, 6) is 0.391. The van der Waals surface area contributed by atoms with Crippen LogP contribution in [-0.4, -0.2) is 17.1 Å². The van der Waals surface area contributed by atoms with Crippen molar-refractivity contribution in [1.29, 1.82) is 0 Å². The number of nitrogens with zero attached hydrogens (tertiary/aromatic N) is 1. The van der Waals surface area contributed by atoms with Gasteiger partial charge in [-0.15, -0.1) is 0 Å². The molecule has 0 saturated heterocycles. The van der Waals surface area contributed by atoms with Crippen LogP contribution >= 0.6 is 11.6 Å². The van der Waals surface area contributed by atoms with Crippen molar-refractivity contribution >= 4 is 17.6 Å². The van der Waals surface area contributed by atoms with Gasteiger partial charge in [-0.2, -0.15) is 0 Å². The topological polar surface area (TPSA) is 40.5 Å². The number of ether oxygens (including phenoxy) is 2. The Bertz CT molecular complexity index is 1180. The minimum Gasteiger partial charge on any atom is -0.488 e. The van der Waals surface area contributed by atoms with Crippen molar-refractivity contribution in [3.05, 3.63) is 107 Å². The van der Waals surface area contributed by atoms with Crippen LogP contribution in [0.15, 0.2) is 91.1 Å². The van der Waals surface area contributed by atoms with Crippen LogP contribution < -0.4 is 4.74 Å². The molecule has 0 amide bonds. The number of esters is 1. The molecule has 0 radical (unpaired) electrons. The van der Waals surface area contributed by atoms with E-state index in [-0.39, 0.29) is 5.97 Å². The molecule has 3 aromatic carbocycles. The van der Waals surface area contributed by atoms with Gasteiger partial charge in [-0.25, -0.2) is 4.79 Å². The molecule has 0 aliphatic carbocycles. The molecule has 0 spiro atoms. The molecule has 1 aromatic heterocycles. The standard InChI is InChI=1S/C26H22ClNO3/c1-2-30-26(29)20-10-6-11-22(16-20)28-15-7-12-24(28)23-17-21(27)13-14-25(23)31-18-19-8-4-3-5-9-19/h3-17H,2,18H2,1H3. The summed E-state index contributed by atoms with van der Waals surface area (Å²) < 4.78 is 13.3. The van der Waals surface area contributed by atoms with E-state index in [0.29, 0.717) is 23.8 Å². The van der Waals surface area contributed by atoms with Gasteiger partial charge in [0.15, 0.2) is 0 Å². The normalized spacial score (nSPS) is 10.6. The molecule has 0 unspecified atom stereocenters. The van der Waals surface area contributed by atoms with E-state index < -0.39 is 0 Å². The van der Waals surface area contributed by atoms with Gasteiger partial charge in [-0.05, 0) is 61.0 Å². The smallest absolute Gasteiger partial charge is 0.338 e. The fraction of sp³-hybridized carbons (Fsp3) is 0.115. The second kappa shape index (κ2) is 9.54. The van der Waals surface area contributed by atoms with E-state index >= 15 is 0 Å². The Labute approximate surface area is 186 Å². The number of benzene rings is 3. The maximum Gasteiger partial charge on any atom is 0.338 e. The Balaban J connectivity index is 1.69. The monoisotopic (exact) mass is 431 g/mol. The Morgan fingerprint density at radius 2 is 1.77 bits per heavy atom. The van der Waals surface area contributed by atoms with E-state index in [4.69, 9.17) is 21.1 Å². The van der Waals surface area contributed by atoms with Crippen LogP contribution in [0, 0.1) is 0 Å². The first kappa shape index (κ1) is 20.8. The van der Waals surface area contributed by atoms with Gasteiger partial charge in [0.05, 0.1) is 17.9 Å². The van der Waals surface area contributed by atoms with Crippen molar-refractivity contribution in [2.75, 3.05) is 6.61 Å². The van der Waals surface area contributed by atoms with Crippen LogP contribution in [0.4, 0.5) is 0 Å². The highest BCUT2D eigenvalue weighted by Crippen LogP contribution is 2.35. The lowest BCUT2D eigenvalue weighted by Crippen LogP contribution is -2.06. The van der Waals surface area contributed by atoms with Crippen molar-refractivity contribution in [3.63, 3.8) is 0 Å². The third-order valence-corrected chi connectivity index (χ3v) is 5.07. The number of halogens is 1. The Morgan fingerprint density at radius 1 is 0.935 bits per heavy atom. The maximum atomic E-state index is 12.2. The summed E-state index contributed by atoms with van der Waals surface area (Å²) in [6.45, 7) is 2.58. The van der Waals surface area contributed by atoms with Crippen LogP contribution in [0.3, 0.4) is 0 Å². The minimum atomic E-state index is -0.340. The highest BCUT2D eigenvalue weighted by atomic mass is 35.5. The van der Waals surface area contributed by atoms with Crippen LogP contribution in [0.2, 0.25) is 5.02 Å². The molecule has 0 fully saturated rings. The average Bonchev–Trinajstić information content (AvgIpc) is 3.29. The number of aromatic nitrogens is 1. The molecule has 0 N–H and O–H groups in total. The van der Waals surface area contributed by atoms with E-state index in [0.717, 1.165) is 28.3 Å². The Kier molecular flexibility index (Phi) is 6.39. The molecule has 156 valence electrons. The van der Waals surface area contributed by atoms with Gasteiger partial charge in [0.2, 0.25) is 0 Å². The lowest BCUT2D eigenvalue weighted by molar-refractivity contribution is 0.0526. The SMILES string of the molecule is CCOC(=O)c1cccc(-n2cccc2-c2cc(Cl)ccc2OCc2ccccc2)c1. The van der Waals surface area contributed by atoms with Gasteiger partial charge in [-0.3, -0.25) is 0 Å². The molecule has 4 aromatic rings. The van der Waals surface area contributed by atoms with Gasteiger partial charge in [0, 0.05) is 22.5 Å². The third-order valence-electron chi connectivity index (χ3n) is 4.84. The fourth-order valence-corrected chi connectivity index (χ4v) is 3.56. The maximum absolute atomic E-state index is 12.2. The van der Waals surface area contributed by atoms with Crippen molar-refractivity contribution in [2.45, 2.75) is 13.5 Å². The summed E-state index contributed by atoms with van der Waals surface area (Å²) in [5.41, 5.74) is 4.22. The molecule has 4 rings (SSSR count). The molecule has 0 atom stereocenters. The van der Waals surface area contributed by atoms with Crippen molar-refractivity contribution < 1.29 is 14.3 Å². The number of rotatable bonds is 7. The van der Waals surface area contributed by atoms with Crippen LogP contribution in [0.25, 0.3) is 16.9 Å². The largest absolute Gasteiger partial charge is 0.488 e. The first-order valence-corrected chi connectivity index (χ1v) is 10.4. The van der Waals surface area contributed by atoms with Gasteiger partial charge in [0.1, 0.15) is 12.4 Å². The zero-order valence-electron chi connectivity index (χ0n) is 17.1. The van der Waals surface area contributed by atoms with Crippen molar-refractivity contribution in [2.24, 2.45) is 0 Å². The Morgan fingerprint density at radius 3 is 2.58 bits per heavy atom. The van der Waals surface area contributed by atoms with E-state index in [1.807, 2.05) is 89.6 Å². The molecular formula is C26H22ClNO3. The molecule has 1 heterocycles. The van der Waals surface area contributed by atoms with E-state index in [9.17, 15) is 4.79 Å². The minimum absolute atomic E-state index is 0.336. The highest BCUT2D eigenvalue weighted by molar-refractivity contribution is 6.31. The first-order valence-electron chi connectivity index (χ1n) is 10.1. The predicted octanol–water partition coefficient (Wildman–Crippen LogP) is 6.55. The van der Waals surface area contributed by atoms with E-state index in [2.05, 4.69) is 0 Å². The third kappa shape index (κ3) is 4.81. The number of carbonyl (C=O) groups is 1. The van der Waals surface area contributed by atoms with Crippen LogP contribution in [0.5, 0.6) is 5.75 Å². The summed E-state index contributed by atoms with van der Waals surface area (Å²) in [5, 5.41) is 0.620. The van der Waals surface area contributed by atoms with E-state index in [1.54, 1.807) is 13.0 Å². The van der Waals surface area contributed by atoms with Crippen molar-refractivity contribution in [3.8, 4) is 22.7 Å². The number of carbonyl (C=O) groups excluding carboxylic acids is 1. The molecule has 0 saturated carbocycles. The van der Waals surface area contributed by atoms with E-state index in [1.165, 1.54) is 0 Å². The highest BCUT2D eigenvalue weighted by Gasteiger charge is 2.14. The average molecular weight is 432 g/mol.